The van der Waals surface area contributed by atoms with Crippen molar-refractivity contribution >= 4 is 0 Å². The highest BCUT2D eigenvalue weighted by atomic mass is 16.5. The quantitative estimate of drug-likeness (QED) is 0.676. The van der Waals surface area contributed by atoms with E-state index in [0.717, 1.165) is 11.3 Å². The lowest BCUT2D eigenvalue weighted by molar-refractivity contribution is -0.0106. The Balaban J connectivity index is 1.60. The van der Waals surface area contributed by atoms with Gasteiger partial charge in [0.2, 0.25) is 0 Å². The summed E-state index contributed by atoms with van der Waals surface area (Å²) in [6.07, 6.45) is -0.320. The number of hydrogen-bond donors (Lipinski definition) is 2. The molecule has 0 saturated carbocycles. The molecule has 1 aromatic carbocycles. The van der Waals surface area contributed by atoms with E-state index in [1.54, 1.807) is 0 Å². The fourth-order valence-corrected chi connectivity index (χ4v) is 2.23. The molecule has 2 N–H and O–H groups in total. The molecule has 21 heavy (non-hydrogen) atoms. The van der Waals surface area contributed by atoms with Gasteiger partial charge in [0.25, 0.3) is 0 Å². The highest BCUT2D eigenvalue weighted by Crippen LogP contribution is 2.31. The summed E-state index contributed by atoms with van der Waals surface area (Å²) in [6.45, 7) is 6.43. The topological polar surface area (TPSA) is 60.0 Å². The molecule has 118 valence electrons. The van der Waals surface area contributed by atoms with Gasteiger partial charge in [-0.1, -0.05) is 18.2 Å². The van der Waals surface area contributed by atoms with Crippen LogP contribution < -0.4 is 10.1 Å². The SMILES string of the molecule is CC(C)OCCOCC(O)CNC1COc2ccccc21. The lowest BCUT2D eigenvalue weighted by Gasteiger charge is -2.16. The van der Waals surface area contributed by atoms with Crippen molar-refractivity contribution < 1.29 is 19.3 Å². The summed E-state index contributed by atoms with van der Waals surface area (Å²) < 4.78 is 16.3. The molecule has 0 bridgehead atoms. The molecule has 1 aromatic rings. The summed E-state index contributed by atoms with van der Waals surface area (Å²) in [7, 11) is 0. The van der Waals surface area contributed by atoms with Crippen LogP contribution in [0.1, 0.15) is 25.5 Å². The third kappa shape index (κ3) is 5.28. The summed E-state index contributed by atoms with van der Waals surface area (Å²) in [4.78, 5) is 0. The van der Waals surface area contributed by atoms with Gasteiger partial charge in [-0.25, -0.2) is 0 Å². The molecule has 0 radical (unpaired) electrons. The van der Waals surface area contributed by atoms with Crippen molar-refractivity contribution in [1.29, 1.82) is 0 Å². The van der Waals surface area contributed by atoms with E-state index in [1.165, 1.54) is 0 Å². The Kier molecular flexibility index (Phi) is 6.45. The number of benzene rings is 1. The van der Waals surface area contributed by atoms with Crippen LogP contribution in [0.5, 0.6) is 5.75 Å². The first-order chi connectivity index (χ1) is 10.2. The molecule has 1 aliphatic rings. The van der Waals surface area contributed by atoms with Crippen molar-refractivity contribution in [3.63, 3.8) is 0 Å². The highest BCUT2D eigenvalue weighted by Gasteiger charge is 2.23. The lowest BCUT2D eigenvalue weighted by atomic mass is 10.1. The maximum Gasteiger partial charge on any atom is 0.124 e. The van der Waals surface area contributed by atoms with Crippen LogP contribution in [0.15, 0.2) is 24.3 Å². The van der Waals surface area contributed by atoms with E-state index >= 15 is 0 Å². The van der Waals surface area contributed by atoms with Gasteiger partial charge in [0.1, 0.15) is 12.4 Å². The standard InChI is InChI=1S/C16H25NO4/c1-12(2)20-8-7-19-10-13(18)9-17-15-11-21-16-6-4-3-5-14(15)16/h3-6,12-13,15,17-18H,7-11H2,1-2H3. The zero-order valence-electron chi connectivity index (χ0n) is 12.7. The van der Waals surface area contributed by atoms with Crippen LogP contribution >= 0.6 is 0 Å². The van der Waals surface area contributed by atoms with Crippen molar-refractivity contribution in [2.24, 2.45) is 0 Å². The third-order valence-corrected chi connectivity index (χ3v) is 3.29. The first kappa shape index (κ1) is 16.2. The number of aliphatic hydroxyl groups is 1. The second-order valence-corrected chi connectivity index (χ2v) is 5.46. The van der Waals surface area contributed by atoms with Crippen LogP contribution in [0.3, 0.4) is 0 Å². The van der Waals surface area contributed by atoms with Crippen LogP contribution in [-0.2, 0) is 9.47 Å². The number of para-hydroxylation sites is 1. The predicted molar refractivity (Wildman–Crippen MR) is 80.6 cm³/mol. The van der Waals surface area contributed by atoms with E-state index in [9.17, 15) is 5.11 Å². The second kappa shape index (κ2) is 8.34. The lowest BCUT2D eigenvalue weighted by Crippen LogP contribution is -2.34. The van der Waals surface area contributed by atoms with Gasteiger partial charge in [-0.15, -0.1) is 0 Å². The maximum atomic E-state index is 9.90. The highest BCUT2D eigenvalue weighted by molar-refractivity contribution is 5.39. The normalized spacial score (nSPS) is 18.6. The van der Waals surface area contributed by atoms with Crippen LogP contribution in [-0.4, -0.2) is 50.3 Å². The molecule has 0 aliphatic carbocycles. The van der Waals surface area contributed by atoms with Gasteiger partial charge in [-0.2, -0.15) is 0 Å². The summed E-state index contributed by atoms with van der Waals surface area (Å²) in [6, 6.07) is 8.11. The second-order valence-electron chi connectivity index (χ2n) is 5.46. The van der Waals surface area contributed by atoms with Crippen molar-refractivity contribution in [1.82, 2.24) is 5.32 Å². The Hall–Kier alpha value is -1.14. The molecule has 0 fully saturated rings. The van der Waals surface area contributed by atoms with E-state index < -0.39 is 6.10 Å². The molecule has 0 saturated heterocycles. The zero-order chi connectivity index (χ0) is 15.1. The average Bonchev–Trinajstić information content (AvgIpc) is 2.87. The minimum absolute atomic E-state index is 0.139. The van der Waals surface area contributed by atoms with Gasteiger partial charge < -0.3 is 24.6 Å². The first-order valence-corrected chi connectivity index (χ1v) is 7.49. The maximum absolute atomic E-state index is 9.90. The Morgan fingerprint density at radius 3 is 2.95 bits per heavy atom. The van der Waals surface area contributed by atoms with Crippen LogP contribution in [0, 0.1) is 0 Å². The van der Waals surface area contributed by atoms with Gasteiger partial charge in [0.05, 0.1) is 38.1 Å². The van der Waals surface area contributed by atoms with Crippen LogP contribution in [0.25, 0.3) is 0 Å². The molecule has 2 unspecified atom stereocenters. The van der Waals surface area contributed by atoms with E-state index in [4.69, 9.17) is 14.2 Å². The summed E-state index contributed by atoms with van der Waals surface area (Å²) in [5.74, 6) is 0.923. The van der Waals surface area contributed by atoms with E-state index in [-0.39, 0.29) is 12.1 Å². The molecular formula is C16H25NO4. The van der Waals surface area contributed by atoms with Gasteiger partial charge in [-0.05, 0) is 19.9 Å². The Labute approximate surface area is 126 Å². The van der Waals surface area contributed by atoms with Gasteiger partial charge in [0, 0.05) is 12.1 Å². The number of aliphatic hydroxyl groups excluding tert-OH is 1. The van der Waals surface area contributed by atoms with E-state index in [0.29, 0.717) is 33.0 Å². The Morgan fingerprint density at radius 1 is 1.33 bits per heavy atom. The number of nitrogens with one attached hydrogen (secondary N) is 1. The zero-order valence-corrected chi connectivity index (χ0v) is 12.7. The molecule has 0 amide bonds. The smallest absolute Gasteiger partial charge is 0.124 e. The minimum atomic E-state index is -0.531. The summed E-state index contributed by atoms with van der Waals surface area (Å²) in [5, 5.41) is 13.2. The van der Waals surface area contributed by atoms with E-state index in [2.05, 4.69) is 5.32 Å². The van der Waals surface area contributed by atoms with Crippen LogP contribution in [0.4, 0.5) is 0 Å². The van der Waals surface area contributed by atoms with Crippen molar-refractivity contribution in [2.45, 2.75) is 32.1 Å². The summed E-state index contributed by atoms with van der Waals surface area (Å²) >= 11 is 0. The molecular weight excluding hydrogens is 270 g/mol. The summed E-state index contributed by atoms with van der Waals surface area (Å²) in [5.41, 5.74) is 1.15. The van der Waals surface area contributed by atoms with Crippen molar-refractivity contribution in [2.75, 3.05) is 33.0 Å². The molecule has 5 heteroatoms. The molecule has 2 rings (SSSR count). The fraction of sp³-hybridized carbons (Fsp3) is 0.625. The van der Waals surface area contributed by atoms with E-state index in [1.807, 2.05) is 38.1 Å². The van der Waals surface area contributed by atoms with Crippen molar-refractivity contribution in [3.8, 4) is 5.75 Å². The molecule has 0 aromatic heterocycles. The molecule has 2 atom stereocenters. The molecule has 1 aliphatic heterocycles. The molecule has 1 heterocycles. The third-order valence-electron chi connectivity index (χ3n) is 3.29. The molecule has 0 spiro atoms. The number of ether oxygens (including phenoxy) is 3. The van der Waals surface area contributed by atoms with Gasteiger partial charge in [-0.3, -0.25) is 0 Å². The van der Waals surface area contributed by atoms with Crippen molar-refractivity contribution in [3.05, 3.63) is 29.8 Å². The predicted octanol–water partition coefficient (Wildman–Crippen LogP) is 1.51. The number of fused-ring (bicyclic) bond motifs is 1. The number of rotatable bonds is 9. The largest absolute Gasteiger partial charge is 0.491 e. The van der Waals surface area contributed by atoms with Gasteiger partial charge in [0.15, 0.2) is 0 Å². The Bertz CT molecular complexity index is 424. The number of hydrogen-bond acceptors (Lipinski definition) is 5. The Morgan fingerprint density at radius 2 is 2.14 bits per heavy atom. The van der Waals surface area contributed by atoms with Gasteiger partial charge >= 0.3 is 0 Å². The van der Waals surface area contributed by atoms with Crippen LogP contribution in [0.2, 0.25) is 0 Å². The monoisotopic (exact) mass is 295 g/mol. The minimum Gasteiger partial charge on any atom is -0.491 e. The first-order valence-electron chi connectivity index (χ1n) is 7.49. The molecule has 5 nitrogen and oxygen atoms in total. The fourth-order valence-electron chi connectivity index (χ4n) is 2.23. The average molecular weight is 295 g/mol.